The molecule has 3 heterocycles. The van der Waals surface area contributed by atoms with Crippen molar-refractivity contribution in [1.82, 2.24) is 15.0 Å². The number of nitrogens with one attached hydrogen (secondary N) is 1. The molecule has 6 heteroatoms. The van der Waals surface area contributed by atoms with Crippen LogP contribution < -0.4 is 9.64 Å². The first-order chi connectivity index (χ1) is 14.1. The molecule has 0 radical (unpaired) electrons. The normalized spacial score (nSPS) is 10.7. The number of pyridine rings is 2. The van der Waals surface area contributed by atoms with Gasteiger partial charge in [-0.3, -0.25) is 4.79 Å². The number of amides is 1. The molecule has 6 nitrogen and oxygen atoms in total. The monoisotopic (exact) mass is 384 g/mol. The van der Waals surface area contributed by atoms with Gasteiger partial charge in [-0.25, -0.2) is 9.97 Å². The van der Waals surface area contributed by atoms with Crippen molar-refractivity contribution < 1.29 is 9.53 Å². The summed E-state index contributed by atoms with van der Waals surface area (Å²) >= 11 is 0. The Labute approximate surface area is 168 Å². The van der Waals surface area contributed by atoms with Crippen LogP contribution in [0.5, 0.6) is 5.88 Å². The topological polar surface area (TPSA) is 71.1 Å². The summed E-state index contributed by atoms with van der Waals surface area (Å²) in [5, 5.41) is 0.997. The highest BCUT2D eigenvalue weighted by Gasteiger charge is 2.12. The highest BCUT2D eigenvalue weighted by Crippen LogP contribution is 2.32. The first-order valence-electron chi connectivity index (χ1n) is 9.09. The van der Waals surface area contributed by atoms with Gasteiger partial charge in [0.25, 0.3) is 0 Å². The number of hydrogen-bond donors (Lipinski definition) is 1. The maximum atomic E-state index is 11.9. The molecule has 0 spiro atoms. The molecule has 0 aliphatic carbocycles. The Morgan fingerprint density at radius 1 is 1.14 bits per heavy atom. The Hall–Kier alpha value is -3.93. The lowest BCUT2D eigenvalue weighted by Gasteiger charge is -2.16. The predicted molar refractivity (Wildman–Crippen MR) is 115 cm³/mol. The molecule has 29 heavy (non-hydrogen) atoms. The van der Waals surface area contributed by atoms with Gasteiger partial charge in [0.2, 0.25) is 11.8 Å². The first-order valence-corrected chi connectivity index (χ1v) is 9.09. The van der Waals surface area contributed by atoms with Gasteiger partial charge < -0.3 is 14.6 Å². The predicted octanol–water partition coefficient (Wildman–Crippen LogP) is 4.45. The summed E-state index contributed by atoms with van der Waals surface area (Å²) in [6, 6.07) is 13.7. The minimum atomic E-state index is -0.157. The van der Waals surface area contributed by atoms with Crippen LogP contribution in [0.3, 0.4) is 0 Å². The van der Waals surface area contributed by atoms with Crippen molar-refractivity contribution in [3.63, 3.8) is 0 Å². The van der Waals surface area contributed by atoms with Gasteiger partial charge in [0.1, 0.15) is 5.65 Å². The number of aromatic amines is 1. The fourth-order valence-corrected chi connectivity index (χ4v) is 3.25. The number of H-pyrrole nitrogens is 1. The quantitative estimate of drug-likeness (QED) is 0.516. The zero-order valence-corrected chi connectivity index (χ0v) is 16.2. The van der Waals surface area contributed by atoms with Gasteiger partial charge in [-0.05, 0) is 41.5 Å². The van der Waals surface area contributed by atoms with Crippen molar-refractivity contribution in [2.75, 3.05) is 19.1 Å². The Morgan fingerprint density at radius 3 is 2.79 bits per heavy atom. The summed E-state index contributed by atoms with van der Waals surface area (Å²) in [5.74, 6) is 0.402. The zero-order valence-electron chi connectivity index (χ0n) is 16.2. The lowest BCUT2D eigenvalue weighted by atomic mass is 10.0. The minimum Gasteiger partial charge on any atom is -0.481 e. The van der Waals surface area contributed by atoms with E-state index in [0.29, 0.717) is 5.88 Å². The van der Waals surface area contributed by atoms with Gasteiger partial charge in [-0.1, -0.05) is 18.7 Å². The second-order valence-corrected chi connectivity index (χ2v) is 6.56. The van der Waals surface area contributed by atoms with Crippen LogP contribution in [0.25, 0.3) is 33.3 Å². The molecule has 0 unspecified atom stereocenters. The molecular formula is C23H20N4O2. The van der Waals surface area contributed by atoms with Gasteiger partial charge in [-0.15, -0.1) is 0 Å². The third kappa shape index (κ3) is 3.48. The molecule has 0 saturated carbocycles. The third-order valence-corrected chi connectivity index (χ3v) is 4.86. The number of nitrogens with zero attached hydrogens (tertiary/aromatic N) is 3. The van der Waals surface area contributed by atoms with E-state index in [1.54, 1.807) is 25.3 Å². The number of methoxy groups -OCH3 is 1. The van der Waals surface area contributed by atoms with Crippen molar-refractivity contribution in [3.05, 3.63) is 73.7 Å². The van der Waals surface area contributed by atoms with Crippen molar-refractivity contribution in [2.45, 2.75) is 0 Å². The number of carbonyl (C=O) groups is 1. The lowest BCUT2D eigenvalue weighted by Crippen LogP contribution is -2.23. The summed E-state index contributed by atoms with van der Waals surface area (Å²) in [5.41, 5.74) is 5.54. The molecule has 3 aromatic heterocycles. The molecule has 144 valence electrons. The number of aromatic nitrogens is 3. The lowest BCUT2D eigenvalue weighted by molar-refractivity contribution is -0.113. The van der Waals surface area contributed by atoms with Gasteiger partial charge in [0.05, 0.1) is 7.11 Å². The Bertz CT molecular complexity index is 1210. The third-order valence-electron chi connectivity index (χ3n) is 4.86. The van der Waals surface area contributed by atoms with Gasteiger partial charge in [-0.2, -0.15) is 0 Å². The number of hydrogen-bond acceptors (Lipinski definition) is 4. The number of carbonyl (C=O) groups excluding carboxylic acids is 1. The standard InChI is InChI=1S/C23H20N4O2/c1-4-22(28)27(2)18-7-5-6-15(10-18)17-11-19-20(14-26-23(19)25-13-17)16-8-9-24-21(12-16)29-3/h4-14H,1H2,2-3H3,(H,25,26). The number of fused-ring (bicyclic) bond motifs is 1. The molecule has 0 aliphatic heterocycles. The maximum absolute atomic E-state index is 11.9. The largest absolute Gasteiger partial charge is 0.481 e. The molecule has 1 amide bonds. The zero-order chi connectivity index (χ0) is 20.4. The van der Waals surface area contributed by atoms with Crippen LogP contribution in [0.15, 0.2) is 73.7 Å². The average Bonchev–Trinajstić information content (AvgIpc) is 3.21. The fourth-order valence-electron chi connectivity index (χ4n) is 3.25. The van der Waals surface area contributed by atoms with Crippen LogP contribution in [0, 0.1) is 0 Å². The van der Waals surface area contributed by atoms with E-state index in [1.165, 1.54) is 6.08 Å². The fraction of sp³-hybridized carbons (Fsp3) is 0.0870. The summed E-state index contributed by atoms with van der Waals surface area (Å²) < 4.78 is 5.25. The highest BCUT2D eigenvalue weighted by atomic mass is 16.5. The molecule has 0 saturated heterocycles. The molecule has 0 bridgehead atoms. The molecule has 1 aromatic carbocycles. The van der Waals surface area contributed by atoms with E-state index in [-0.39, 0.29) is 5.91 Å². The van der Waals surface area contributed by atoms with Crippen molar-refractivity contribution >= 4 is 22.6 Å². The highest BCUT2D eigenvalue weighted by molar-refractivity contribution is 6.01. The summed E-state index contributed by atoms with van der Waals surface area (Å²) in [7, 11) is 3.33. The smallest absolute Gasteiger partial charge is 0.250 e. The Balaban J connectivity index is 1.78. The van der Waals surface area contributed by atoms with E-state index in [2.05, 4.69) is 27.6 Å². The van der Waals surface area contributed by atoms with Gasteiger partial charge >= 0.3 is 0 Å². The molecule has 4 aromatic rings. The van der Waals surface area contributed by atoms with Gasteiger partial charge in [0, 0.05) is 53.9 Å². The van der Waals surface area contributed by atoms with Crippen molar-refractivity contribution in [1.29, 1.82) is 0 Å². The van der Waals surface area contributed by atoms with Crippen molar-refractivity contribution in [3.8, 4) is 28.1 Å². The number of anilines is 1. The molecule has 0 fully saturated rings. The Kier molecular flexibility index (Phi) is 4.83. The van der Waals surface area contributed by atoms with E-state index >= 15 is 0 Å². The van der Waals surface area contributed by atoms with E-state index in [1.807, 2.05) is 48.8 Å². The molecule has 4 rings (SSSR count). The molecular weight excluding hydrogens is 364 g/mol. The first kappa shape index (κ1) is 18.4. The van der Waals surface area contributed by atoms with E-state index in [4.69, 9.17) is 4.74 Å². The SMILES string of the molecule is C=CC(=O)N(C)c1cccc(-c2cnc3[nH]cc(-c4ccnc(OC)c4)c3c2)c1. The molecule has 1 N–H and O–H groups in total. The van der Waals surface area contributed by atoms with E-state index in [0.717, 1.165) is 39.0 Å². The van der Waals surface area contributed by atoms with E-state index in [9.17, 15) is 4.79 Å². The van der Waals surface area contributed by atoms with Crippen LogP contribution in [0.4, 0.5) is 5.69 Å². The second-order valence-electron chi connectivity index (χ2n) is 6.56. The van der Waals surface area contributed by atoms with Crippen molar-refractivity contribution in [2.24, 2.45) is 0 Å². The van der Waals surface area contributed by atoms with Crippen LogP contribution in [-0.2, 0) is 4.79 Å². The summed E-state index contributed by atoms with van der Waals surface area (Å²) in [6.45, 7) is 3.55. The second kappa shape index (κ2) is 7.59. The van der Waals surface area contributed by atoms with Crippen LogP contribution in [-0.4, -0.2) is 35.0 Å². The van der Waals surface area contributed by atoms with Crippen LogP contribution in [0.1, 0.15) is 0 Å². The number of ether oxygens (including phenoxy) is 1. The summed E-state index contributed by atoms with van der Waals surface area (Å²) in [6.07, 6.45) is 6.78. The van der Waals surface area contributed by atoms with Crippen LogP contribution >= 0.6 is 0 Å². The molecule has 0 atom stereocenters. The van der Waals surface area contributed by atoms with Crippen LogP contribution in [0.2, 0.25) is 0 Å². The Morgan fingerprint density at radius 2 is 2.00 bits per heavy atom. The number of likely N-dealkylation sites (N-methyl/N-ethyl adjacent to an activating group) is 1. The molecule has 0 aliphatic rings. The summed E-state index contributed by atoms with van der Waals surface area (Å²) in [4.78, 5) is 25.5. The van der Waals surface area contributed by atoms with E-state index < -0.39 is 0 Å². The maximum Gasteiger partial charge on any atom is 0.250 e. The average molecular weight is 384 g/mol. The van der Waals surface area contributed by atoms with Gasteiger partial charge in [0.15, 0.2) is 0 Å². The number of benzene rings is 1. The number of rotatable bonds is 5. The minimum absolute atomic E-state index is 0.157.